The molecule has 6 rings (SSSR count). The Morgan fingerprint density at radius 2 is 1.55 bits per heavy atom. The summed E-state index contributed by atoms with van der Waals surface area (Å²) in [4.78, 5) is 18.1. The maximum atomic E-state index is 13.3. The highest BCUT2D eigenvalue weighted by Crippen LogP contribution is 2.30. The zero-order valence-electron chi connectivity index (χ0n) is 22.0. The van der Waals surface area contributed by atoms with Crippen LogP contribution < -0.4 is 15.4 Å². The summed E-state index contributed by atoms with van der Waals surface area (Å²) in [7, 11) is 0.106. The standard InChI is InChI=1S/C29H28N8O2S/c1-37(2)25-7-3-6-20-19(25)5-4-8-26(20)40(38,39)32-16-17-9-11-21-23(13-17)35-27(33-21)15-28-34-22-12-10-18(29(30)31)14-24(22)36-28/h3-14,32H,15-16H2,1-2H3,(H3,30,31)(H,33,35)(H,34,36). The molecule has 6 N–H and O–H groups in total. The van der Waals surface area contributed by atoms with Crippen LogP contribution in [0.25, 0.3) is 32.8 Å². The van der Waals surface area contributed by atoms with Crippen molar-refractivity contribution in [1.29, 1.82) is 5.41 Å². The van der Waals surface area contributed by atoms with Crippen LogP contribution in [0, 0.1) is 5.41 Å². The van der Waals surface area contributed by atoms with Crippen LogP contribution in [0.5, 0.6) is 0 Å². The average Bonchev–Trinajstić information content (AvgIpc) is 3.53. The van der Waals surface area contributed by atoms with E-state index in [1.807, 2.05) is 67.5 Å². The van der Waals surface area contributed by atoms with E-state index in [1.54, 1.807) is 24.3 Å². The molecule has 0 amide bonds. The molecule has 2 heterocycles. The molecule has 0 saturated heterocycles. The number of nitrogens with zero attached hydrogens (tertiary/aromatic N) is 3. The Balaban J connectivity index is 1.21. The van der Waals surface area contributed by atoms with E-state index in [1.165, 1.54) is 0 Å². The zero-order valence-corrected chi connectivity index (χ0v) is 22.8. The topological polar surface area (TPSA) is 157 Å². The maximum Gasteiger partial charge on any atom is 0.241 e. The van der Waals surface area contributed by atoms with E-state index in [4.69, 9.17) is 16.1 Å². The number of hydrogen-bond acceptors (Lipinski definition) is 6. The van der Waals surface area contributed by atoms with Crippen molar-refractivity contribution in [2.75, 3.05) is 19.0 Å². The van der Waals surface area contributed by atoms with E-state index < -0.39 is 10.0 Å². The van der Waals surface area contributed by atoms with Gasteiger partial charge in [0.1, 0.15) is 17.5 Å². The first kappa shape index (κ1) is 25.5. The largest absolute Gasteiger partial charge is 0.384 e. The fraction of sp³-hybridized carbons (Fsp3) is 0.138. The number of aromatic nitrogens is 4. The maximum absolute atomic E-state index is 13.3. The number of benzene rings is 4. The summed E-state index contributed by atoms with van der Waals surface area (Å²) < 4.78 is 29.4. The molecule has 0 unspecified atom stereocenters. The van der Waals surface area contributed by atoms with Gasteiger partial charge in [0.05, 0.1) is 33.4 Å². The lowest BCUT2D eigenvalue weighted by Gasteiger charge is -2.17. The molecular weight excluding hydrogens is 524 g/mol. The van der Waals surface area contributed by atoms with Crippen LogP contribution in [0.2, 0.25) is 0 Å². The molecule has 0 aliphatic carbocycles. The number of nitrogens with one attached hydrogen (secondary N) is 4. The van der Waals surface area contributed by atoms with Crippen molar-refractivity contribution >= 4 is 54.4 Å². The van der Waals surface area contributed by atoms with Gasteiger partial charge in [0.15, 0.2) is 0 Å². The zero-order chi connectivity index (χ0) is 28.0. The first-order chi connectivity index (χ1) is 19.2. The first-order valence-electron chi connectivity index (χ1n) is 12.7. The van der Waals surface area contributed by atoms with Crippen LogP contribution >= 0.6 is 0 Å². The minimum atomic E-state index is -3.77. The lowest BCUT2D eigenvalue weighted by Crippen LogP contribution is -2.23. The SMILES string of the molecule is CN(C)c1cccc2c(S(=O)(=O)NCc3ccc4[nH]c(Cc5nc6cc(C(=N)N)ccc6[nH]5)nc4c3)cccc12. The number of hydrogen-bond donors (Lipinski definition) is 5. The number of fused-ring (bicyclic) bond motifs is 3. The molecule has 0 aliphatic rings. The molecule has 6 aromatic rings. The normalized spacial score (nSPS) is 11.9. The van der Waals surface area contributed by atoms with Crippen molar-refractivity contribution in [3.63, 3.8) is 0 Å². The van der Waals surface area contributed by atoms with Gasteiger partial charge in [0.2, 0.25) is 10.0 Å². The number of rotatable bonds is 8. The molecule has 0 saturated carbocycles. The van der Waals surface area contributed by atoms with Crippen LogP contribution in [0.3, 0.4) is 0 Å². The van der Waals surface area contributed by atoms with Gasteiger partial charge in [-0.05, 0) is 48.0 Å². The van der Waals surface area contributed by atoms with Crippen LogP contribution in [-0.4, -0.2) is 48.3 Å². The number of anilines is 1. The Morgan fingerprint density at radius 1 is 0.900 bits per heavy atom. The minimum Gasteiger partial charge on any atom is -0.384 e. The second kappa shape index (κ2) is 9.78. The summed E-state index contributed by atoms with van der Waals surface area (Å²) in [5.41, 5.74) is 11.1. The van der Waals surface area contributed by atoms with Crippen molar-refractivity contribution in [1.82, 2.24) is 24.7 Å². The lowest BCUT2D eigenvalue weighted by atomic mass is 10.1. The molecule has 0 bridgehead atoms. The number of imidazole rings is 2. The van der Waals surface area contributed by atoms with Gasteiger partial charge in [-0.1, -0.05) is 30.3 Å². The second-order valence-corrected chi connectivity index (χ2v) is 11.6. The van der Waals surface area contributed by atoms with Gasteiger partial charge in [-0.25, -0.2) is 23.1 Å². The molecule has 0 spiro atoms. The van der Waals surface area contributed by atoms with E-state index in [0.717, 1.165) is 50.4 Å². The highest BCUT2D eigenvalue weighted by Gasteiger charge is 2.19. The number of aromatic amines is 2. The third-order valence-electron chi connectivity index (χ3n) is 6.87. The van der Waals surface area contributed by atoms with Gasteiger partial charge in [-0.3, -0.25) is 5.41 Å². The Hall–Kier alpha value is -4.74. The van der Waals surface area contributed by atoms with E-state index in [9.17, 15) is 8.42 Å². The molecule has 40 heavy (non-hydrogen) atoms. The van der Waals surface area contributed by atoms with E-state index in [-0.39, 0.29) is 17.3 Å². The molecule has 4 aromatic carbocycles. The van der Waals surface area contributed by atoms with Crippen molar-refractivity contribution in [2.24, 2.45) is 5.73 Å². The molecule has 2 aromatic heterocycles. The van der Waals surface area contributed by atoms with Gasteiger partial charge >= 0.3 is 0 Å². The van der Waals surface area contributed by atoms with Crippen molar-refractivity contribution in [3.05, 3.63) is 95.6 Å². The van der Waals surface area contributed by atoms with Crippen molar-refractivity contribution in [3.8, 4) is 0 Å². The number of sulfonamides is 1. The average molecular weight is 553 g/mol. The fourth-order valence-corrected chi connectivity index (χ4v) is 6.15. The summed E-state index contributed by atoms with van der Waals surface area (Å²) in [6.07, 6.45) is 0.455. The van der Waals surface area contributed by atoms with Gasteiger partial charge in [-0.15, -0.1) is 0 Å². The van der Waals surface area contributed by atoms with Crippen LogP contribution in [-0.2, 0) is 23.0 Å². The lowest BCUT2D eigenvalue weighted by molar-refractivity contribution is 0.582. The summed E-state index contributed by atoms with van der Waals surface area (Å²) in [5.74, 6) is 1.46. The highest BCUT2D eigenvalue weighted by atomic mass is 32.2. The van der Waals surface area contributed by atoms with Crippen molar-refractivity contribution < 1.29 is 8.42 Å². The Bertz CT molecular complexity index is 2020. The highest BCUT2D eigenvalue weighted by molar-refractivity contribution is 7.89. The summed E-state index contributed by atoms with van der Waals surface area (Å²) in [6.45, 7) is 0.131. The summed E-state index contributed by atoms with van der Waals surface area (Å²) in [6, 6.07) is 22.1. The van der Waals surface area contributed by atoms with Crippen molar-refractivity contribution in [2.45, 2.75) is 17.9 Å². The molecule has 0 radical (unpaired) electrons. The molecule has 202 valence electrons. The van der Waals surface area contributed by atoms with Gasteiger partial charge in [0.25, 0.3) is 0 Å². The second-order valence-electron chi connectivity index (χ2n) is 9.89. The van der Waals surface area contributed by atoms with E-state index in [2.05, 4.69) is 19.7 Å². The van der Waals surface area contributed by atoms with Crippen LogP contribution in [0.15, 0.2) is 77.7 Å². The van der Waals surface area contributed by atoms with Crippen LogP contribution in [0.4, 0.5) is 5.69 Å². The number of amidine groups is 1. The van der Waals surface area contributed by atoms with Gasteiger partial charge in [-0.2, -0.15) is 0 Å². The molecular formula is C29H28N8O2S. The molecule has 0 aliphatic heterocycles. The smallest absolute Gasteiger partial charge is 0.241 e. The Kier molecular flexibility index (Phi) is 6.24. The van der Waals surface area contributed by atoms with E-state index >= 15 is 0 Å². The first-order valence-corrected chi connectivity index (χ1v) is 14.2. The molecule has 0 fully saturated rings. The predicted molar refractivity (Wildman–Crippen MR) is 158 cm³/mol. The van der Waals surface area contributed by atoms with E-state index in [0.29, 0.717) is 17.4 Å². The molecule has 11 heteroatoms. The summed E-state index contributed by atoms with van der Waals surface area (Å²) in [5, 5.41) is 9.18. The third-order valence-corrected chi connectivity index (χ3v) is 8.33. The Labute approximate surface area is 230 Å². The third kappa shape index (κ3) is 4.76. The van der Waals surface area contributed by atoms with Gasteiger partial charge in [0, 0.05) is 42.7 Å². The molecule has 0 atom stereocenters. The quantitative estimate of drug-likeness (QED) is 0.142. The monoisotopic (exact) mass is 552 g/mol. The molecule has 10 nitrogen and oxygen atoms in total. The van der Waals surface area contributed by atoms with Crippen LogP contribution in [0.1, 0.15) is 22.8 Å². The number of nitrogen functional groups attached to an aromatic ring is 1. The minimum absolute atomic E-state index is 0.00240. The predicted octanol–water partition coefficient (Wildman–Crippen LogP) is 4.01. The van der Waals surface area contributed by atoms with Gasteiger partial charge < -0.3 is 20.6 Å². The fourth-order valence-electron chi connectivity index (χ4n) is 4.91. The Morgan fingerprint density at radius 3 is 2.25 bits per heavy atom. The summed E-state index contributed by atoms with van der Waals surface area (Å²) >= 11 is 0. The number of H-pyrrole nitrogens is 2. The number of nitrogens with two attached hydrogens (primary N) is 1.